The van der Waals surface area contributed by atoms with Gasteiger partial charge in [0.1, 0.15) is 5.69 Å². The minimum absolute atomic E-state index is 0.207. The maximum Gasteiger partial charge on any atom is 0.293 e. The van der Waals surface area contributed by atoms with E-state index < -0.39 is 20.9 Å². The molecule has 0 spiro atoms. The van der Waals surface area contributed by atoms with Crippen LogP contribution < -0.4 is 14.9 Å². The third-order valence-corrected chi connectivity index (χ3v) is 12.9. The molecule has 2 aromatic carbocycles. The molecule has 0 unspecified atom stereocenters. The van der Waals surface area contributed by atoms with Gasteiger partial charge in [0.25, 0.3) is 21.6 Å². The summed E-state index contributed by atoms with van der Waals surface area (Å²) in [5.41, 5.74) is 1.64. The number of carbonyl (C=O) groups is 1. The third-order valence-electron chi connectivity index (χ3n) is 11.6. The number of hydrogen-bond donors (Lipinski definition) is 2. The second kappa shape index (κ2) is 12.5. The summed E-state index contributed by atoms with van der Waals surface area (Å²) in [5, 5.41) is 14.9. The van der Waals surface area contributed by atoms with E-state index in [4.69, 9.17) is 0 Å². The lowest BCUT2D eigenvalue weighted by atomic mass is 9.44. The van der Waals surface area contributed by atoms with Crippen molar-refractivity contribution >= 4 is 33.0 Å². The smallest absolute Gasteiger partial charge is 0.293 e. The van der Waals surface area contributed by atoms with Crippen molar-refractivity contribution in [1.82, 2.24) is 9.62 Å². The molecule has 1 amide bonds. The molecule has 1 aliphatic heterocycles. The van der Waals surface area contributed by atoms with Crippen LogP contribution in [-0.4, -0.2) is 62.9 Å². The van der Waals surface area contributed by atoms with E-state index in [2.05, 4.69) is 40.6 Å². The number of amides is 1. The monoisotopic (exact) mass is 637 g/mol. The Morgan fingerprint density at radius 1 is 1.00 bits per heavy atom. The number of fused-ring (bicyclic) bond motifs is 2. The largest absolute Gasteiger partial charge is 0.379 e. The number of sulfonamides is 1. The summed E-state index contributed by atoms with van der Waals surface area (Å²) in [5.74, 6) is 2.05. The molecule has 5 aliphatic rings. The highest BCUT2D eigenvalue weighted by Crippen LogP contribution is 2.62. The van der Waals surface area contributed by atoms with E-state index in [-0.39, 0.29) is 21.8 Å². The molecule has 2 N–H and O–H groups in total. The highest BCUT2D eigenvalue weighted by Gasteiger charge is 2.57. The van der Waals surface area contributed by atoms with Crippen molar-refractivity contribution < 1.29 is 18.1 Å². The zero-order valence-corrected chi connectivity index (χ0v) is 27.5. The molecule has 7 rings (SSSR count). The number of rotatable bonds is 9. The quantitative estimate of drug-likeness (QED) is 0.257. The maximum atomic E-state index is 13.1. The van der Waals surface area contributed by atoms with Gasteiger partial charge in [-0.3, -0.25) is 19.8 Å². The van der Waals surface area contributed by atoms with Crippen LogP contribution in [0.1, 0.15) is 76.1 Å². The molecule has 4 aliphatic carbocycles. The first-order valence-electron chi connectivity index (χ1n) is 16.6. The molecule has 0 aromatic heterocycles. The highest BCUT2D eigenvalue weighted by atomic mass is 32.2. The van der Waals surface area contributed by atoms with E-state index in [1.165, 1.54) is 31.4 Å². The molecule has 2 aromatic rings. The third kappa shape index (κ3) is 6.43. The molecule has 2 bridgehead atoms. The van der Waals surface area contributed by atoms with Crippen LogP contribution in [-0.2, 0) is 10.0 Å². The number of nitro benzene ring substituents is 1. The Hall–Kier alpha value is -3.18. The lowest BCUT2D eigenvalue weighted by Gasteiger charge is -2.64. The van der Waals surface area contributed by atoms with Crippen LogP contribution in [0.15, 0.2) is 47.4 Å². The second-order valence-electron chi connectivity index (χ2n) is 14.3. The summed E-state index contributed by atoms with van der Waals surface area (Å²) in [7, 11) is -4.32. The summed E-state index contributed by atoms with van der Waals surface area (Å²) >= 11 is 0. The van der Waals surface area contributed by atoms with Crippen molar-refractivity contribution in [2.24, 2.45) is 29.1 Å². The molecule has 1 saturated heterocycles. The van der Waals surface area contributed by atoms with Crippen molar-refractivity contribution in [3.05, 3.63) is 58.1 Å². The van der Waals surface area contributed by atoms with E-state index in [1.54, 1.807) is 12.1 Å². The predicted octanol–water partition coefficient (Wildman–Crippen LogP) is 5.90. The Kier molecular flexibility index (Phi) is 8.86. The first kappa shape index (κ1) is 31.8. The number of nitrogens with one attached hydrogen (secondary N) is 2. The van der Waals surface area contributed by atoms with Crippen molar-refractivity contribution in [3.63, 3.8) is 0 Å². The van der Waals surface area contributed by atoms with Gasteiger partial charge in [-0.05, 0) is 91.2 Å². The molecule has 1 heterocycles. The Morgan fingerprint density at radius 2 is 1.69 bits per heavy atom. The van der Waals surface area contributed by atoms with Crippen LogP contribution in [0.4, 0.5) is 17.1 Å². The number of benzene rings is 2. The minimum atomic E-state index is -4.32. The van der Waals surface area contributed by atoms with Crippen LogP contribution in [0, 0.1) is 39.2 Å². The number of piperazine rings is 1. The first-order valence-corrected chi connectivity index (χ1v) is 18.1. The van der Waals surface area contributed by atoms with E-state index in [9.17, 15) is 23.3 Å². The van der Waals surface area contributed by atoms with Gasteiger partial charge in [0.15, 0.2) is 0 Å². The van der Waals surface area contributed by atoms with Gasteiger partial charge < -0.3 is 10.2 Å². The number of anilines is 2. The van der Waals surface area contributed by atoms with Crippen LogP contribution in [0.3, 0.4) is 0 Å². The summed E-state index contributed by atoms with van der Waals surface area (Å²) < 4.78 is 28.2. The lowest BCUT2D eigenvalue weighted by molar-refractivity contribution is -0.384. The van der Waals surface area contributed by atoms with Crippen LogP contribution in [0.2, 0.25) is 0 Å². The average molecular weight is 638 g/mol. The fraction of sp³-hybridized carbons (Fsp3) is 0.618. The van der Waals surface area contributed by atoms with Gasteiger partial charge in [0, 0.05) is 56.1 Å². The van der Waals surface area contributed by atoms with Gasteiger partial charge in [-0.15, -0.1) is 0 Å². The van der Waals surface area contributed by atoms with Crippen molar-refractivity contribution in [3.8, 4) is 0 Å². The normalized spacial score (nSPS) is 27.0. The molecule has 4 saturated carbocycles. The Balaban J connectivity index is 1.04. The Bertz CT molecular complexity index is 1510. The van der Waals surface area contributed by atoms with Crippen molar-refractivity contribution in [1.29, 1.82) is 0 Å². The number of nitro groups is 1. The molecule has 244 valence electrons. The molecule has 0 radical (unpaired) electrons. The van der Waals surface area contributed by atoms with Gasteiger partial charge in [-0.1, -0.05) is 40.0 Å². The maximum absolute atomic E-state index is 13.1. The molecule has 11 heteroatoms. The second-order valence-corrected chi connectivity index (χ2v) is 16.0. The zero-order chi connectivity index (χ0) is 31.9. The summed E-state index contributed by atoms with van der Waals surface area (Å²) in [6, 6.07) is 11.4. The van der Waals surface area contributed by atoms with E-state index >= 15 is 0 Å². The van der Waals surface area contributed by atoms with Crippen LogP contribution >= 0.6 is 0 Å². The van der Waals surface area contributed by atoms with E-state index in [0.717, 1.165) is 81.4 Å². The van der Waals surface area contributed by atoms with Crippen molar-refractivity contribution in [2.45, 2.75) is 76.7 Å². The van der Waals surface area contributed by atoms with Gasteiger partial charge in [-0.25, -0.2) is 13.1 Å². The molecular weight excluding hydrogens is 590 g/mol. The highest BCUT2D eigenvalue weighted by molar-refractivity contribution is 7.90. The standard InChI is InChI=1S/C34H47N5O5S/c1-23-29-19-26(34(29,2)3)20-31(23)38-17-15-37(16-18-38)27-11-9-25(10-12-27)33(40)36-45(43,44)28-13-14-30(32(21-28)39(41)42)35-22-24-7-5-4-6-8-24/h9-14,21,23-24,26,29,31,35H,4-8,15-20,22H2,1-3H3,(H,36,40)/t23-,26+,29-,31-/m0/s1. The van der Waals surface area contributed by atoms with Crippen molar-refractivity contribution in [2.75, 3.05) is 42.9 Å². The molecule has 10 nitrogen and oxygen atoms in total. The molecule has 4 atom stereocenters. The first-order chi connectivity index (χ1) is 21.4. The molecule has 45 heavy (non-hydrogen) atoms. The summed E-state index contributed by atoms with van der Waals surface area (Å²) in [6.07, 6.45) is 8.37. The van der Waals surface area contributed by atoms with Crippen LogP contribution in [0.5, 0.6) is 0 Å². The number of nitrogens with zero attached hydrogens (tertiary/aromatic N) is 3. The summed E-state index contributed by atoms with van der Waals surface area (Å²) in [6.45, 7) is 11.8. The topological polar surface area (TPSA) is 125 Å². The van der Waals surface area contributed by atoms with E-state index in [0.29, 0.717) is 23.9 Å². The number of hydrogen-bond acceptors (Lipinski definition) is 8. The zero-order valence-electron chi connectivity index (χ0n) is 26.7. The Labute approximate surface area is 267 Å². The van der Waals surface area contributed by atoms with Crippen LogP contribution in [0.25, 0.3) is 0 Å². The van der Waals surface area contributed by atoms with Gasteiger partial charge in [0.2, 0.25) is 0 Å². The lowest BCUT2D eigenvalue weighted by Crippen LogP contribution is -2.63. The molecular formula is C34H47N5O5S. The van der Waals surface area contributed by atoms with Gasteiger partial charge >= 0.3 is 0 Å². The SMILES string of the molecule is C[C@@H]1[C@@H](N2CCN(c3ccc(C(=O)NS(=O)(=O)c4ccc(NCC5CCCCC5)c([N+](=O)[O-])c4)cc3)CC2)C[C@H]2C[C@@H]1C2(C)C. The summed E-state index contributed by atoms with van der Waals surface area (Å²) in [4.78, 5) is 28.8. The number of carbonyl (C=O) groups excluding carboxylic acids is 1. The van der Waals surface area contributed by atoms with E-state index in [1.807, 2.05) is 12.1 Å². The predicted molar refractivity (Wildman–Crippen MR) is 176 cm³/mol. The average Bonchev–Trinajstić information content (AvgIpc) is 3.04. The van der Waals surface area contributed by atoms with Gasteiger partial charge in [0.05, 0.1) is 9.82 Å². The fourth-order valence-corrected chi connectivity index (χ4v) is 9.60. The fourth-order valence-electron chi connectivity index (χ4n) is 8.60. The van der Waals surface area contributed by atoms with Gasteiger partial charge in [-0.2, -0.15) is 0 Å². The minimum Gasteiger partial charge on any atom is -0.379 e. The Morgan fingerprint density at radius 3 is 2.31 bits per heavy atom. The molecule has 5 fully saturated rings.